The van der Waals surface area contributed by atoms with Gasteiger partial charge in [0.2, 0.25) is 0 Å². The summed E-state index contributed by atoms with van der Waals surface area (Å²) in [4.78, 5) is 16.9. The van der Waals surface area contributed by atoms with Crippen LogP contribution in [0.25, 0.3) is 0 Å². The van der Waals surface area contributed by atoms with Crippen LogP contribution in [0, 0.1) is 0 Å². The van der Waals surface area contributed by atoms with Gasteiger partial charge in [-0.25, -0.2) is 4.79 Å². The van der Waals surface area contributed by atoms with E-state index in [9.17, 15) is 4.79 Å². The maximum Gasteiger partial charge on any atom is 0.335 e. The van der Waals surface area contributed by atoms with Crippen molar-refractivity contribution in [2.75, 3.05) is 24.5 Å². The third-order valence-corrected chi connectivity index (χ3v) is 5.32. The summed E-state index contributed by atoms with van der Waals surface area (Å²) in [6, 6.07) is 10.7. The minimum atomic E-state index is -0.896. The van der Waals surface area contributed by atoms with E-state index in [1.54, 1.807) is 24.3 Å². The molecule has 0 saturated carbocycles. The van der Waals surface area contributed by atoms with Gasteiger partial charge in [-0.1, -0.05) is 15.9 Å². The number of hydrogen-bond donors (Lipinski definition) is 2. The van der Waals surface area contributed by atoms with Crippen molar-refractivity contribution in [2.24, 2.45) is 0 Å². The van der Waals surface area contributed by atoms with Crippen LogP contribution in [-0.4, -0.2) is 41.2 Å². The van der Waals surface area contributed by atoms with Gasteiger partial charge in [-0.3, -0.25) is 4.98 Å². The monoisotopic (exact) mass is 403 g/mol. The van der Waals surface area contributed by atoms with Crippen molar-refractivity contribution in [2.45, 2.75) is 24.8 Å². The molecule has 3 heterocycles. The smallest absolute Gasteiger partial charge is 0.335 e. The molecule has 2 fully saturated rings. The molecular weight excluding hydrogens is 382 g/mol. The van der Waals surface area contributed by atoms with Gasteiger partial charge in [-0.2, -0.15) is 0 Å². The van der Waals surface area contributed by atoms with Crippen molar-refractivity contribution >= 4 is 27.6 Å². The van der Waals surface area contributed by atoms with Gasteiger partial charge in [0, 0.05) is 29.3 Å². The zero-order chi connectivity index (χ0) is 17.7. The predicted octanol–water partition coefficient (Wildman–Crippen LogP) is 3.56. The summed E-state index contributed by atoms with van der Waals surface area (Å²) < 4.78 is 0.887. The molecule has 132 valence electrons. The van der Waals surface area contributed by atoms with Gasteiger partial charge < -0.3 is 15.3 Å². The van der Waals surface area contributed by atoms with Crippen molar-refractivity contribution in [3.05, 3.63) is 58.8 Å². The van der Waals surface area contributed by atoms with Gasteiger partial charge in [-0.15, -0.1) is 0 Å². The lowest BCUT2D eigenvalue weighted by Crippen LogP contribution is -2.42. The Bertz CT molecular complexity index is 700. The number of benzene rings is 1. The number of nitrogens with one attached hydrogen (secondary N) is 1. The number of carboxylic acid groups (broad SMARTS) is 1. The van der Waals surface area contributed by atoms with E-state index in [4.69, 9.17) is 5.11 Å². The first-order valence-electron chi connectivity index (χ1n) is 8.47. The number of carboxylic acids is 1. The zero-order valence-electron chi connectivity index (χ0n) is 14.0. The van der Waals surface area contributed by atoms with Crippen molar-refractivity contribution in [1.82, 2.24) is 10.3 Å². The molecule has 5 nitrogen and oxygen atoms in total. The normalized spacial score (nSPS) is 21.9. The molecule has 1 aromatic heterocycles. The van der Waals surface area contributed by atoms with Gasteiger partial charge in [0.05, 0.1) is 17.4 Å². The van der Waals surface area contributed by atoms with Crippen molar-refractivity contribution < 1.29 is 9.90 Å². The van der Waals surface area contributed by atoms with E-state index in [-0.39, 0.29) is 0 Å². The average molecular weight is 404 g/mol. The Kier molecular flexibility index (Phi) is 5.71. The largest absolute Gasteiger partial charge is 0.478 e. The Morgan fingerprint density at radius 3 is 2.64 bits per heavy atom. The van der Waals surface area contributed by atoms with Gasteiger partial charge >= 0.3 is 5.97 Å². The van der Waals surface area contributed by atoms with E-state index >= 15 is 0 Å². The lowest BCUT2D eigenvalue weighted by Gasteiger charge is -2.25. The summed E-state index contributed by atoms with van der Waals surface area (Å²) in [5.74, 6) is -0.896. The van der Waals surface area contributed by atoms with Crippen LogP contribution >= 0.6 is 15.9 Å². The Balaban J connectivity index is 0.000000160. The summed E-state index contributed by atoms with van der Waals surface area (Å²) >= 11 is 3.20. The summed E-state index contributed by atoms with van der Waals surface area (Å²) in [5.41, 5.74) is 1.99. The van der Waals surface area contributed by atoms with Crippen LogP contribution in [0.2, 0.25) is 0 Å². The van der Waals surface area contributed by atoms with Crippen molar-refractivity contribution in [3.63, 3.8) is 0 Å². The molecule has 2 aliphatic heterocycles. The second-order valence-electron chi connectivity index (χ2n) is 6.51. The molecule has 25 heavy (non-hydrogen) atoms. The molecule has 2 N–H and O–H groups in total. The Morgan fingerprint density at radius 2 is 2.04 bits per heavy atom. The highest BCUT2D eigenvalue weighted by atomic mass is 79.9. The fourth-order valence-corrected chi connectivity index (χ4v) is 3.71. The number of halogens is 1. The number of pyridine rings is 1. The van der Waals surface area contributed by atoms with E-state index in [1.807, 2.05) is 18.5 Å². The summed E-state index contributed by atoms with van der Waals surface area (Å²) in [5, 5.41) is 12.1. The first kappa shape index (κ1) is 17.9. The fourth-order valence-electron chi connectivity index (χ4n) is 3.44. The molecule has 0 bridgehead atoms. The molecule has 0 radical (unpaired) electrons. The Hall–Kier alpha value is -1.92. The van der Waals surface area contributed by atoms with Crippen LogP contribution in [0.1, 0.15) is 29.6 Å². The SMILES string of the molecule is O=C(O)c1ccc(Br)cc1.c1cncc(N2CC[C@@]3(CCCN3)C2)c1. The van der Waals surface area contributed by atoms with E-state index in [0.717, 1.165) is 11.0 Å². The third kappa shape index (κ3) is 4.58. The zero-order valence-corrected chi connectivity index (χ0v) is 15.6. The average Bonchev–Trinajstić information content (AvgIpc) is 3.27. The maximum absolute atomic E-state index is 10.3. The molecule has 0 unspecified atom stereocenters. The number of carbonyl (C=O) groups is 1. The van der Waals surface area contributed by atoms with Crippen molar-refractivity contribution in [1.29, 1.82) is 0 Å². The topological polar surface area (TPSA) is 65.5 Å². The number of anilines is 1. The van der Waals surface area contributed by atoms with Crippen LogP contribution in [0.5, 0.6) is 0 Å². The highest BCUT2D eigenvalue weighted by Crippen LogP contribution is 2.32. The van der Waals surface area contributed by atoms with Crippen LogP contribution in [0.15, 0.2) is 53.3 Å². The molecule has 1 spiro atoms. The second-order valence-corrected chi connectivity index (χ2v) is 7.42. The van der Waals surface area contributed by atoms with E-state index < -0.39 is 5.97 Å². The number of aromatic nitrogens is 1. The highest BCUT2D eigenvalue weighted by Gasteiger charge is 2.39. The van der Waals surface area contributed by atoms with Crippen molar-refractivity contribution in [3.8, 4) is 0 Å². The van der Waals surface area contributed by atoms with Crippen LogP contribution in [0.3, 0.4) is 0 Å². The summed E-state index contributed by atoms with van der Waals surface area (Å²) in [6.07, 6.45) is 7.75. The van der Waals surface area contributed by atoms with Gasteiger partial charge in [0.15, 0.2) is 0 Å². The number of hydrogen-bond acceptors (Lipinski definition) is 4. The standard InChI is InChI=1S/C12H17N3.C7H5BrO2/c1-3-11(9-13-6-1)15-8-5-12(10-15)4-2-7-14-12;8-6-3-1-5(2-4-6)7(9)10/h1,3,6,9,14H,2,4-5,7-8,10H2;1-4H,(H,9,10)/t12-;/m0./s1. The van der Waals surface area contributed by atoms with Crippen LogP contribution < -0.4 is 10.2 Å². The molecule has 6 heteroatoms. The molecule has 1 aromatic carbocycles. The number of rotatable bonds is 2. The Morgan fingerprint density at radius 1 is 1.24 bits per heavy atom. The number of aromatic carboxylic acids is 1. The molecule has 2 saturated heterocycles. The molecule has 4 rings (SSSR count). The quantitative estimate of drug-likeness (QED) is 0.802. The molecular formula is C19H22BrN3O2. The Labute approximate surface area is 156 Å². The first-order chi connectivity index (χ1) is 12.1. The van der Waals surface area contributed by atoms with Gasteiger partial charge in [0.25, 0.3) is 0 Å². The lowest BCUT2D eigenvalue weighted by molar-refractivity contribution is 0.0697. The van der Waals surface area contributed by atoms with E-state index in [1.165, 1.54) is 38.0 Å². The molecule has 0 amide bonds. The van der Waals surface area contributed by atoms with Gasteiger partial charge in [-0.05, 0) is 62.2 Å². The second kappa shape index (κ2) is 7.97. The van der Waals surface area contributed by atoms with E-state index in [0.29, 0.717) is 11.1 Å². The van der Waals surface area contributed by atoms with Crippen LogP contribution in [-0.2, 0) is 0 Å². The third-order valence-electron chi connectivity index (χ3n) is 4.79. The summed E-state index contributed by atoms with van der Waals surface area (Å²) in [7, 11) is 0. The van der Waals surface area contributed by atoms with Gasteiger partial charge in [0.1, 0.15) is 0 Å². The molecule has 0 aliphatic carbocycles. The molecule has 2 aliphatic rings. The van der Waals surface area contributed by atoms with E-state index in [2.05, 4.69) is 37.2 Å². The lowest BCUT2D eigenvalue weighted by atomic mass is 9.97. The predicted molar refractivity (Wildman–Crippen MR) is 102 cm³/mol. The van der Waals surface area contributed by atoms with Crippen LogP contribution in [0.4, 0.5) is 5.69 Å². The number of nitrogens with zero attached hydrogens (tertiary/aromatic N) is 2. The first-order valence-corrected chi connectivity index (χ1v) is 9.26. The fraction of sp³-hybridized carbons (Fsp3) is 0.368. The molecule has 2 aromatic rings. The molecule has 1 atom stereocenters. The maximum atomic E-state index is 10.3. The minimum absolute atomic E-state index is 0.309. The highest BCUT2D eigenvalue weighted by molar-refractivity contribution is 9.10. The minimum Gasteiger partial charge on any atom is -0.478 e. The summed E-state index contributed by atoms with van der Waals surface area (Å²) in [6.45, 7) is 3.51.